The van der Waals surface area contributed by atoms with Crippen molar-refractivity contribution < 1.29 is 9.90 Å². The number of likely N-dealkylation sites (tertiary alicyclic amines) is 1. The van der Waals surface area contributed by atoms with Crippen LogP contribution in [0.1, 0.15) is 26.2 Å². The van der Waals surface area contributed by atoms with E-state index in [1.807, 2.05) is 11.8 Å². The first-order valence-electron chi connectivity index (χ1n) is 4.16. The SMILES string of the molecule is CC(CCO)N1CCCC1=O. The van der Waals surface area contributed by atoms with Gasteiger partial charge in [-0.1, -0.05) is 0 Å². The summed E-state index contributed by atoms with van der Waals surface area (Å²) in [6, 6.07) is 0.218. The number of rotatable bonds is 3. The number of hydrogen-bond donors (Lipinski definition) is 1. The van der Waals surface area contributed by atoms with E-state index < -0.39 is 0 Å². The Labute approximate surface area is 67.0 Å². The molecule has 3 heteroatoms. The standard InChI is InChI=1S/C8H15NO2/c1-7(4-6-10)9-5-2-3-8(9)11/h7,10H,2-6H2,1H3. The van der Waals surface area contributed by atoms with Crippen molar-refractivity contribution in [2.24, 2.45) is 0 Å². The molecule has 1 amide bonds. The summed E-state index contributed by atoms with van der Waals surface area (Å²) in [4.78, 5) is 13.0. The number of nitrogens with zero attached hydrogens (tertiary/aromatic N) is 1. The summed E-state index contributed by atoms with van der Waals surface area (Å²) in [6.07, 6.45) is 2.37. The first kappa shape index (κ1) is 8.53. The quantitative estimate of drug-likeness (QED) is 0.643. The predicted octanol–water partition coefficient (Wildman–Crippen LogP) is 0.380. The number of amides is 1. The van der Waals surface area contributed by atoms with E-state index in [9.17, 15) is 4.79 Å². The lowest BCUT2D eigenvalue weighted by atomic mass is 10.2. The summed E-state index contributed by atoms with van der Waals surface area (Å²) in [5.74, 6) is 0.242. The van der Waals surface area contributed by atoms with Crippen molar-refractivity contribution in [3.8, 4) is 0 Å². The number of carbonyl (C=O) groups is 1. The molecule has 1 heterocycles. The lowest BCUT2D eigenvalue weighted by Gasteiger charge is -2.23. The van der Waals surface area contributed by atoms with E-state index in [-0.39, 0.29) is 18.6 Å². The highest BCUT2D eigenvalue weighted by Crippen LogP contribution is 2.14. The highest BCUT2D eigenvalue weighted by molar-refractivity contribution is 5.78. The zero-order valence-corrected chi connectivity index (χ0v) is 6.92. The average molecular weight is 157 g/mol. The Morgan fingerprint density at radius 3 is 2.91 bits per heavy atom. The van der Waals surface area contributed by atoms with Crippen LogP contribution >= 0.6 is 0 Å². The molecule has 1 fully saturated rings. The molecule has 1 atom stereocenters. The molecule has 1 rings (SSSR count). The third kappa shape index (κ3) is 1.93. The van der Waals surface area contributed by atoms with E-state index >= 15 is 0 Å². The second-order valence-corrected chi connectivity index (χ2v) is 3.05. The average Bonchev–Trinajstić information content (AvgIpc) is 2.36. The smallest absolute Gasteiger partial charge is 0.222 e. The molecule has 0 spiro atoms. The van der Waals surface area contributed by atoms with Gasteiger partial charge >= 0.3 is 0 Å². The van der Waals surface area contributed by atoms with Crippen molar-refractivity contribution >= 4 is 5.91 Å². The molecule has 0 aliphatic carbocycles. The highest BCUT2D eigenvalue weighted by atomic mass is 16.3. The molecule has 1 aliphatic heterocycles. The van der Waals surface area contributed by atoms with Gasteiger partial charge in [0.1, 0.15) is 0 Å². The molecule has 0 aromatic carbocycles. The number of hydrogen-bond acceptors (Lipinski definition) is 2. The largest absolute Gasteiger partial charge is 0.396 e. The van der Waals surface area contributed by atoms with Crippen molar-refractivity contribution in [3.63, 3.8) is 0 Å². The Morgan fingerprint density at radius 1 is 1.73 bits per heavy atom. The van der Waals surface area contributed by atoms with E-state index in [0.717, 1.165) is 13.0 Å². The van der Waals surface area contributed by atoms with Gasteiger partial charge in [-0.05, 0) is 19.8 Å². The maximum atomic E-state index is 11.1. The van der Waals surface area contributed by atoms with Gasteiger partial charge in [0.05, 0.1) is 0 Å². The first-order chi connectivity index (χ1) is 5.25. The summed E-state index contributed by atoms with van der Waals surface area (Å²) >= 11 is 0. The van der Waals surface area contributed by atoms with Gasteiger partial charge in [0.2, 0.25) is 5.91 Å². The fraction of sp³-hybridized carbons (Fsp3) is 0.875. The Morgan fingerprint density at radius 2 is 2.45 bits per heavy atom. The fourth-order valence-electron chi connectivity index (χ4n) is 1.48. The first-order valence-corrected chi connectivity index (χ1v) is 4.16. The number of aliphatic hydroxyl groups excluding tert-OH is 1. The lowest BCUT2D eigenvalue weighted by Crippen LogP contribution is -2.34. The third-order valence-electron chi connectivity index (χ3n) is 2.19. The van der Waals surface area contributed by atoms with Crippen molar-refractivity contribution in [2.75, 3.05) is 13.2 Å². The van der Waals surface area contributed by atoms with Crippen molar-refractivity contribution in [2.45, 2.75) is 32.2 Å². The molecule has 1 N–H and O–H groups in total. The Bertz CT molecular complexity index is 147. The minimum Gasteiger partial charge on any atom is -0.396 e. The molecule has 11 heavy (non-hydrogen) atoms. The van der Waals surface area contributed by atoms with E-state index in [4.69, 9.17) is 5.11 Å². The maximum absolute atomic E-state index is 11.1. The molecule has 0 radical (unpaired) electrons. The Balaban J connectivity index is 2.39. The second-order valence-electron chi connectivity index (χ2n) is 3.05. The van der Waals surface area contributed by atoms with E-state index in [1.54, 1.807) is 0 Å². The molecule has 0 saturated carbocycles. The van der Waals surface area contributed by atoms with Crippen LogP contribution in [0, 0.1) is 0 Å². The zero-order valence-electron chi connectivity index (χ0n) is 6.92. The van der Waals surface area contributed by atoms with Gasteiger partial charge in [-0.25, -0.2) is 0 Å². The Kier molecular flexibility index (Phi) is 2.88. The van der Waals surface area contributed by atoms with Crippen LogP contribution in [0.3, 0.4) is 0 Å². The maximum Gasteiger partial charge on any atom is 0.222 e. The summed E-state index contributed by atoms with van der Waals surface area (Å²) in [7, 11) is 0. The van der Waals surface area contributed by atoms with Gasteiger partial charge < -0.3 is 10.0 Å². The van der Waals surface area contributed by atoms with Crippen LogP contribution in [0.2, 0.25) is 0 Å². The Hall–Kier alpha value is -0.570. The normalized spacial score (nSPS) is 20.9. The van der Waals surface area contributed by atoms with Gasteiger partial charge in [0.25, 0.3) is 0 Å². The van der Waals surface area contributed by atoms with Gasteiger partial charge in [-0.15, -0.1) is 0 Å². The third-order valence-corrected chi connectivity index (χ3v) is 2.19. The summed E-state index contributed by atoms with van der Waals surface area (Å²) < 4.78 is 0. The van der Waals surface area contributed by atoms with Gasteiger partial charge in [0, 0.05) is 25.6 Å². The molecule has 0 bridgehead atoms. The van der Waals surface area contributed by atoms with Crippen LogP contribution in [0.15, 0.2) is 0 Å². The van der Waals surface area contributed by atoms with Crippen LogP contribution in [0.25, 0.3) is 0 Å². The summed E-state index contributed by atoms with van der Waals surface area (Å²) in [6.45, 7) is 3.03. The van der Waals surface area contributed by atoms with Crippen LogP contribution in [0.4, 0.5) is 0 Å². The molecular weight excluding hydrogens is 142 g/mol. The second kappa shape index (κ2) is 3.72. The lowest BCUT2D eigenvalue weighted by molar-refractivity contribution is -0.129. The van der Waals surface area contributed by atoms with Crippen LogP contribution < -0.4 is 0 Å². The fourth-order valence-corrected chi connectivity index (χ4v) is 1.48. The predicted molar refractivity (Wildman–Crippen MR) is 42.1 cm³/mol. The van der Waals surface area contributed by atoms with Crippen LogP contribution in [0.5, 0.6) is 0 Å². The van der Waals surface area contributed by atoms with Gasteiger partial charge in [-0.2, -0.15) is 0 Å². The molecule has 3 nitrogen and oxygen atoms in total. The van der Waals surface area contributed by atoms with E-state index in [2.05, 4.69) is 0 Å². The van der Waals surface area contributed by atoms with Crippen molar-refractivity contribution in [3.05, 3.63) is 0 Å². The van der Waals surface area contributed by atoms with Crippen LogP contribution in [-0.4, -0.2) is 35.1 Å². The molecule has 0 aromatic heterocycles. The van der Waals surface area contributed by atoms with E-state index in [1.165, 1.54) is 0 Å². The number of carbonyl (C=O) groups excluding carboxylic acids is 1. The minimum atomic E-state index is 0.172. The topological polar surface area (TPSA) is 40.5 Å². The summed E-state index contributed by atoms with van der Waals surface area (Å²) in [5, 5.41) is 8.65. The van der Waals surface area contributed by atoms with E-state index in [0.29, 0.717) is 12.8 Å². The molecule has 64 valence electrons. The van der Waals surface area contributed by atoms with Gasteiger partial charge in [0.15, 0.2) is 0 Å². The molecular formula is C8H15NO2. The van der Waals surface area contributed by atoms with Crippen LogP contribution in [-0.2, 0) is 4.79 Å². The number of aliphatic hydroxyl groups is 1. The van der Waals surface area contributed by atoms with Crippen molar-refractivity contribution in [1.82, 2.24) is 4.90 Å². The summed E-state index contributed by atoms with van der Waals surface area (Å²) in [5.41, 5.74) is 0. The monoisotopic (exact) mass is 157 g/mol. The molecule has 1 unspecified atom stereocenters. The highest BCUT2D eigenvalue weighted by Gasteiger charge is 2.24. The van der Waals surface area contributed by atoms with Crippen molar-refractivity contribution in [1.29, 1.82) is 0 Å². The zero-order chi connectivity index (χ0) is 8.27. The minimum absolute atomic E-state index is 0.172. The molecule has 1 saturated heterocycles. The van der Waals surface area contributed by atoms with Gasteiger partial charge in [-0.3, -0.25) is 4.79 Å². The molecule has 0 aromatic rings. The molecule has 1 aliphatic rings.